The van der Waals surface area contributed by atoms with Gasteiger partial charge in [-0.1, -0.05) is 13.8 Å². The lowest BCUT2D eigenvalue weighted by atomic mass is 10.2. The third kappa shape index (κ3) is 3.59. The highest BCUT2D eigenvalue weighted by Crippen LogP contribution is 2.19. The number of anilines is 2. The molecule has 0 saturated heterocycles. The average Bonchev–Trinajstić information content (AvgIpc) is 2.39. The van der Waals surface area contributed by atoms with Gasteiger partial charge in [0.1, 0.15) is 17.5 Å². The zero-order valence-electron chi connectivity index (χ0n) is 11.6. The molecule has 0 radical (unpaired) electrons. The van der Waals surface area contributed by atoms with Gasteiger partial charge in [0.05, 0.1) is 12.5 Å². The number of nitrogens with one attached hydrogen (secondary N) is 1. The summed E-state index contributed by atoms with van der Waals surface area (Å²) in [6.45, 7) is 7.74. The lowest BCUT2D eigenvalue weighted by Gasteiger charge is -2.22. The average molecular weight is 247 g/mol. The molecular weight excluding hydrogens is 226 g/mol. The van der Waals surface area contributed by atoms with Gasteiger partial charge in [-0.25, -0.2) is 9.97 Å². The van der Waals surface area contributed by atoms with E-state index in [4.69, 9.17) is 5.26 Å². The summed E-state index contributed by atoms with van der Waals surface area (Å²) in [6.07, 6.45) is 0.504. The van der Waals surface area contributed by atoms with Crippen molar-refractivity contribution in [2.45, 2.75) is 33.1 Å². The highest BCUT2D eigenvalue weighted by molar-refractivity contribution is 5.49. The first-order chi connectivity index (χ1) is 8.62. The summed E-state index contributed by atoms with van der Waals surface area (Å²) in [4.78, 5) is 11.1. The topological polar surface area (TPSA) is 64.8 Å². The molecule has 5 nitrogen and oxygen atoms in total. The fraction of sp³-hybridized carbons (Fsp3) is 0.615. The molecule has 1 N–H and O–H groups in total. The molecule has 0 aliphatic heterocycles. The number of nitriles is 1. The van der Waals surface area contributed by atoms with Gasteiger partial charge >= 0.3 is 0 Å². The van der Waals surface area contributed by atoms with E-state index in [2.05, 4.69) is 47.0 Å². The standard InChI is InChI=1S/C13H21N5/c1-5-18(8-6-7-14)12-9-11(15-4)16-13(17-12)10(2)3/h9-10H,5-6,8H2,1-4H3,(H,15,16,17). The monoisotopic (exact) mass is 247 g/mol. The van der Waals surface area contributed by atoms with Crippen molar-refractivity contribution >= 4 is 11.6 Å². The van der Waals surface area contributed by atoms with Gasteiger partial charge in [0.15, 0.2) is 0 Å². The second-order valence-electron chi connectivity index (χ2n) is 4.36. The third-order valence-corrected chi connectivity index (χ3v) is 2.70. The third-order valence-electron chi connectivity index (χ3n) is 2.70. The molecule has 0 aliphatic carbocycles. The minimum Gasteiger partial charge on any atom is -0.373 e. The minimum atomic E-state index is 0.284. The Labute approximate surface area is 109 Å². The molecule has 1 heterocycles. The van der Waals surface area contributed by atoms with Crippen LogP contribution >= 0.6 is 0 Å². The minimum absolute atomic E-state index is 0.284. The lowest BCUT2D eigenvalue weighted by molar-refractivity contribution is 0.750. The van der Waals surface area contributed by atoms with Crippen molar-refractivity contribution in [1.82, 2.24) is 9.97 Å². The van der Waals surface area contributed by atoms with Crippen LogP contribution in [0.2, 0.25) is 0 Å². The van der Waals surface area contributed by atoms with Gasteiger partial charge in [0.25, 0.3) is 0 Å². The van der Waals surface area contributed by atoms with Crippen LogP contribution in [0.3, 0.4) is 0 Å². The van der Waals surface area contributed by atoms with Crippen molar-refractivity contribution in [2.75, 3.05) is 30.4 Å². The molecule has 0 saturated carbocycles. The predicted molar refractivity (Wildman–Crippen MR) is 73.8 cm³/mol. The van der Waals surface area contributed by atoms with Crippen LogP contribution < -0.4 is 10.2 Å². The molecule has 5 heteroatoms. The van der Waals surface area contributed by atoms with E-state index in [1.54, 1.807) is 0 Å². The Morgan fingerprint density at radius 3 is 2.67 bits per heavy atom. The first-order valence-corrected chi connectivity index (χ1v) is 6.31. The summed E-state index contributed by atoms with van der Waals surface area (Å²) in [5.74, 6) is 2.81. The molecule has 98 valence electrons. The van der Waals surface area contributed by atoms with Crippen molar-refractivity contribution in [1.29, 1.82) is 5.26 Å². The molecule has 0 amide bonds. The van der Waals surface area contributed by atoms with Crippen molar-refractivity contribution in [2.24, 2.45) is 0 Å². The van der Waals surface area contributed by atoms with Crippen molar-refractivity contribution in [3.8, 4) is 6.07 Å². The number of nitrogens with zero attached hydrogens (tertiary/aromatic N) is 4. The summed E-state index contributed by atoms with van der Waals surface area (Å²) in [5, 5.41) is 11.7. The van der Waals surface area contributed by atoms with E-state index in [0.29, 0.717) is 13.0 Å². The molecule has 18 heavy (non-hydrogen) atoms. The van der Waals surface area contributed by atoms with E-state index in [1.807, 2.05) is 13.1 Å². The van der Waals surface area contributed by atoms with E-state index < -0.39 is 0 Å². The molecule has 0 aliphatic rings. The maximum atomic E-state index is 8.68. The van der Waals surface area contributed by atoms with Crippen LogP contribution in [0.15, 0.2) is 6.07 Å². The number of hydrogen-bond acceptors (Lipinski definition) is 5. The Hall–Kier alpha value is -1.83. The van der Waals surface area contributed by atoms with Gasteiger partial charge < -0.3 is 10.2 Å². The Bertz CT molecular complexity index is 422. The van der Waals surface area contributed by atoms with Crippen LogP contribution in [-0.2, 0) is 0 Å². The zero-order valence-corrected chi connectivity index (χ0v) is 11.6. The maximum absolute atomic E-state index is 8.68. The van der Waals surface area contributed by atoms with Gasteiger partial charge in [-0.05, 0) is 6.92 Å². The lowest BCUT2D eigenvalue weighted by Crippen LogP contribution is -2.25. The molecule has 1 aromatic heterocycles. The SMILES string of the molecule is CCN(CCC#N)c1cc(NC)nc(C(C)C)n1. The van der Waals surface area contributed by atoms with Gasteiger partial charge in [-0.15, -0.1) is 0 Å². The Morgan fingerprint density at radius 1 is 1.44 bits per heavy atom. The first kappa shape index (κ1) is 14.2. The highest BCUT2D eigenvalue weighted by atomic mass is 15.2. The summed E-state index contributed by atoms with van der Waals surface area (Å²) in [7, 11) is 1.85. The number of hydrogen-bond donors (Lipinski definition) is 1. The molecule has 0 unspecified atom stereocenters. The predicted octanol–water partition coefficient (Wildman–Crippen LogP) is 2.38. The Morgan fingerprint density at radius 2 is 2.17 bits per heavy atom. The maximum Gasteiger partial charge on any atom is 0.135 e. The van der Waals surface area contributed by atoms with Gasteiger partial charge in [0.2, 0.25) is 0 Å². The largest absolute Gasteiger partial charge is 0.373 e. The molecule has 0 spiro atoms. The molecular formula is C13H21N5. The molecule has 0 atom stereocenters. The molecule has 1 aromatic rings. The number of aromatic nitrogens is 2. The highest BCUT2D eigenvalue weighted by Gasteiger charge is 2.11. The van der Waals surface area contributed by atoms with Crippen LogP contribution in [0.5, 0.6) is 0 Å². The van der Waals surface area contributed by atoms with E-state index >= 15 is 0 Å². The molecule has 0 fully saturated rings. The summed E-state index contributed by atoms with van der Waals surface area (Å²) < 4.78 is 0. The smallest absolute Gasteiger partial charge is 0.135 e. The normalized spacial score (nSPS) is 10.2. The van der Waals surface area contributed by atoms with Crippen LogP contribution in [0, 0.1) is 11.3 Å². The van der Waals surface area contributed by atoms with Gasteiger partial charge in [0, 0.05) is 32.1 Å². The van der Waals surface area contributed by atoms with E-state index in [0.717, 1.165) is 24.0 Å². The fourth-order valence-corrected chi connectivity index (χ4v) is 1.62. The summed E-state index contributed by atoms with van der Waals surface area (Å²) in [6, 6.07) is 4.09. The van der Waals surface area contributed by atoms with Crippen molar-refractivity contribution in [3.63, 3.8) is 0 Å². The Kier molecular flexibility index (Phi) is 5.37. The molecule has 0 aromatic carbocycles. The van der Waals surface area contributed by atoms with Gasteiger partial charge in [-0.2, -0.15) is 5.26 Å². The van der Waals surface area contributed by atoms with E-state index in [-0.39, 0.29) is 5.92 Å². The molecule has 1 rings (SSSR count). The van der Waals surface area contributed by atoms with Crippen LogP contribution in [-0.4, -0.2) is 30.1 Å². The number of rotatable bonds is 6. The first-order valence-electron chi connectivity index (χ1n) is 6.31. The van der Waals surface area contributed by atoms with Crippen LogP contribution in [0.4, 0.5) is 11.6 Å². The molecule has 0 bridgehead atoms. The quantitative estimate of drug-likeness (QED) is 0.836. The summed E-state index contributed by atoms with van der Waals surface area (Å²) >= 11 is 0. The fourth-order valence-electron chi connectivity index (χ4n) is 1.62. The zero-order chi connectivity index (χ0) is 13.5. The van der Waals surface area contributed by atoms with Crippen LogP contribution in [0.1, 0.15) is 38.9 Å². The van der Waals surface area contributed by atoms with E-state index in [9.17, 15) is 0 Å². The van der Waals surface area contributed by atoms with Crippen LogP contribution in [0.25, 0.3) is 0 Å². The van der Waals surface area contributed by atoms with Gasteiger partial charge in [-0.3, -0.25) is 0 Å². The Balaban J connectivity index is 3.05. The van der Waals surface area contributed by atoms with E-state index in [1.165, 1.54) is 0 Å². The van der Waals surface area contributed by atoms with Crippen molar-refractivity contribution in [3.05, 3.63) is 11.9 Å². The summed E-state index contributed by atoms with van der Waals surface area (Å²) in [5.41, 5.74) is 0. The van der Waals surface area contributed by atoms with Crippen molar-refractivity contribution < 1.29 is 0 Å². The second-order valence-corrected chi connectivity index (χ2v) is 4.36. The second kappa shape index (κ2) is 6.80.